The number of rotatable bonds is 3. The topological polar surface area (TPSA) is 65.0 Å². The lowest BCUT2D eigenvalue weighted by molar-refractivity contribution is 0.0931. The summed E-state index contributed by atoms with van der Waals surface area (Å²) in [6.07, 6.45) is 1.67. The van der Waals surface area contributed by atoms with Crippen LogP contribution in [0.25, 0.3) is 0 Å². The molecule has 0 saturated heterocycles. The highest BCUT2D eigenvalue weighted by molar-refractivity contribution is 5.96. The first kappa shape index (κ1) is 15.4. The monoisotopic (exact) mass is 311 g/mol. The summed E-state index contributed by atoms with van der Waals surface area (Å²) < 4.78 is 13.6. The molecule has 2 aromatic rings. The Hall–Kier alpha value is -2.53. The lowest BCUT2D eigenvalue weighted by Gasteiger charge is -2.23. The highest BCUT2D eigenvalue weighted by atomic mass is 19.1. The van der Waals surface area contributed by atoms with E-state index in [0.29, 0.717) is 12.0 Å². The molecule has 0 saturated carbocycles. The van der Waals surface area contributed by atoms with E-state index in [0.717, 1.165) is 17.3 Å². The van der Waals surface area contributed by atoms with E-state index in [-0.39, 0.29) is 23.4 Å². The minimum atomic E-state index is -0.395. The van der Waals surface area contributed by atoms with Gasteiger partial charge in [-0.25, -0.2) is 9.82 Å². The van der Waals surface area contributed by atoms with Crippen molar-refractivity contribution in [1.82, 2.24) is 10.9 Å². The zero-order valence-electron chi connectivity index (χ0n) is 12.8. The number of benzene rings is 2. The van der Waals surface area contributed by atoms with E-state index >= 15 is 0 Å². The van der Waals surface area contributed by atoms with E-state index in [1.807, 2.05) is 31.2 Å². The first-order valence-electron chi connectivity index (χ1n) is 7.54. The van der Waals surface area contributed by atoms with Gasteiger partial charge in [-0.15, -0.1) is 0 Å². The molecule has 1 aliphatic heterocycles. The van der Waals surface area contributed by atoms with Crippen molar-refractivity contribution in [3.63, 3.8) is 0 Å². The Balaban J connectivity index is 1.99. The van der Waals surface area contributed by atoms with Gasteiger partial charge < -0.3 is 5.41 Å². The van der Waals surface area contributed by atoms with Crippen molar-refractivity contribution >= 4 is 12.1 Å². The second-order valence-corrected chi connectivity index (χ2v) is 5.79. The van der Waals surface area contributed by atoms with E-state index in [2.05, 4.69) is 10.9 Å². The summed E-state index contributed by atoms with van der Waals surface area (Å²) in [6.45, 7) is 2.01. The van der Waals surface area contributed by atoms with Crippen molar-refractivity contribution in [2.24, 2.45) is 0 Å². The van der Waals surface area contributed by atoms with Gasteiger partial charge in [0.25, 0.3) is 5.91 Å². The van der Waals surface area contributed by atoms with Crippen LogP contribution < -0.4 is 10.9 Å². The van der Waals surface area contributed by atoms with Gasteiger partial charge in [-0.3, -0.25) is 10.2 Å². The number of halogens is 1. The summed E-state index contributed by atoms with van der Waals surface area (Å²) in [6, 6.07) is 12.4. The molecule has 1 aliphatic rings. The third-order valence-corrected chi connectivity index (χ3v) is 4.29. The van der Waals surface area contributed by atoms with Gasteiger partial charge in [-0.1, -0.05) is 24.3 Å². The van der Waals surface area contributed by atoms with Gasteiger partial charge in [0.15, 0.2) is 0 Å². The van der Waals surface area contributed by atoms with Crippen LogP contribution in [0.5, 0.6) is 0 Å². The zero-order chi connectivity index (χ0) is 16.4. The molecule has 1 heterocycles. The number of hydrogen-bond donors (Lipinski definition) is 3. The van der Waals surface area contributed by atoms with E-state index in [1.165, 1.54) is 6.07 Å². The predicted octanol–water partition coefficient (Wildman–Crippen LogP) is 2.79. The number of carbonyl (C=O) groups excluding carboxylic acids is 1. The molecule has 2 atom stereocenters. The minimum absolute atomic E-state index is 0.0242. The molecule has 23 heavy (non-hydrogen) atoms. The molecule has 2 unspecified atom stereocenters. The first-order chi connectivity index (χ1) is 11.1. The molecule has 0 aliphatic carbocycles. The molecule has 0 fully saturated rings. The van der Waals surface area contributed by atoms with Crippen LogP contribution in [0.1, 0.15) is 39.9 Å². The maximum absolute atomic E-state index is 13.6. The molecule has 0 spiro atoms. The van der Waals surface area contributed by atoms with Crippen LogP contribution in [0, 0.1) is 11.2 Å². The predicted molar refractivity (Wildman–Crippen MR) is 87.2 cm³/mol. The van der Waals surface area contributed by atoms with Crippen molar-refractivity contribution in [1.29, 1.82) is 5.41 Å². The SMILES string of the molecule is CC1NNC(=O)c2ccccc2C1Cc1ccc(F)c(C=N)c1. The fourth-order valence-corrected chi connectivity index (χ4v) is 3.02. The highest BCUT2D eigenvalue weighted by Gasteiger charge is 2.28. The zero-order valence-corrected chi connectivity index (χ0v) is 12.8. The second-order valence-electron chi connectivity index (χ2n) is 5.79. The Morgan fingerprint density at radius 1 is 1.26 bits per heavy atom. The van der Waals surface area contributed by atoms with Crippen LogP contribution in [0.3, 0.4) is 0 Å². The summed E-state index contributed by atoms with van der Waals surface area (Å²) in [7, 11) is 0. The fraction of sp³-hybridized carbons (Fsp3) is 0.222. The van der Waals surface area contributed by atoms with Gasteiger partial charge >= 0.3 is 0 Å². The maximum Gasteiger partial charge on any atom is 0.265 e. The normalized spacial score (nSPS) is 20.3. The lowest BCUT2D eigenvalue weighted by Crippen LogP contribution is -2.43. The maximum atomic E-state index is 13.6. The van der Waals surface area contributed by atoms with Crippen molar-refractivity contribution in [3.05, 3.63) is 70.5 Å². The summed E-state index contributed by atoms with van der Waals surface area (Å²) in [4.78, 5) is 12.1. The van der Waals surface area contributed by atoms with Crippen LogP contribution in [0.2, 0.25) is 0 Å². The quantitative estimate of drug-likeness (QED) is 0.763. The lowest BCUT2D eigenvalue weighted by atomic mass is 9.84. The number of nitrogens with one attached hydrogen (secondary N) is 3. The van der Waals surface area contributed by atoms with Gasteiger partial charge in [0.05, 0.1) is 0 Å². The summed E-state index contributed by atoms with van der Waals surface area (Å²) in [5.41, 5.74) is 8.59. The molecule has 0 radical (unpaired) electrons. The van der Waals surface area contributed by atoms with Crippen LogP contribution in [-0.2, 0) is 6.42 Å². The van der Waals surface area contributed by atoms with Crippen molar-refractivity contribution in [2.75, 3.05) is 0 Å². The van der Waals surface area contributed by atoms with Crippen molar-refractivity contribution < 1.29 is 9.18 Å². The van der Waals surface area contributed by atoms with E-state index in [1.54, 1.807) is 12.1 Å². The third kappa shape index (κ3) is 3.00. The van der Waals surface area contributed by atoms with Gasteiger partial charge in [0, 0.05) is 29.3 Å². The van der Waals surface area contributed by atoms with Crippen molar-refractivity contribution in [3.8, 4) is 0 Å². The fourth-order valence-electron chi connectivity index (χ4n) is 3.02. The second kappa shape index (κ2) is 6.30. The largest absolute Gasteiger partial charge is 0.308 e. The summed E-state index contributed by atoms with van der Waals surface area (Å²) >= 11 is 0. The molecule has 118 valence electrons. The van der Waals surface area contributed by atoms with Crippen molar-refractivity contribution in [2.45, 2.75) is 25.3 Å². The third-order valence-electron chi connectivity index (χ3n) is 4.29. The average molecular weight is 311 g/mol. The Kier molecular flexibility index (Phi) is 4.21. The van der Waals surface area contributed by atoms with Gasteiger partial charge in [0.2, 0.25) is 0 Å². The van der Waals surface area contributed by atoms with Crippen LogP contribution in [-0.4, -0.2) is 18.2 Å². The molecule has 3 N–H and O–H groups in total. The highest BCUT2D eigenvalue weighted by Crippen LogP contribution is 2.29. The smallest absolute Gasteiger partial charge is 0.265 e. The molecule has 4 nitrogen and oxygen atoms in total. The minimum Gasteiger partial charge on any atom is -0.308 e. The first-order valence-corrected chi connectivity index (χ1v) is 7.54. The molecular weight excluding hydrogens is 293 g/mol. The Labute approximate surface area is 134 Å². The van der Waals surface area contributed by atoms with E-state index in [9.17, 15) is 9.18 Å². The Morgan fingerprint density at radius 2 is 2.04 bits per heavy atom. The number of fused-ring (bicyclic) bond motifs is 1. The van der Waals surface area contributed by atoms with E-state index < -0.39 is 5.82 Å². The molecule has 0 bridgehead atoms. The molecule has 2 aromatic carbocycles. The Morgan fingerprint density at radius 3 is 2.83 bits per heavy atom. The standard InChI is InChI=1S/C18H18FN3O/c1-11-16(9-12-6-7-17(19)13(8-12)10-20)14-4-2-3-5-15(14)18(23)22-21-11/h2-8,10-11,16,20-21H,9H2,1H3,(H,22,23). The number of carbonyl (C=O) groups is 1. The number of hydrogen-bond acceptors (Lipinski definition) is 3. The molecular formula is C18H18FN3O. The average Bonchev–Trinajstić information content (AvgIpc) is 2.69. The van der Waals surface area contributed by atoms with Crippen LogP contribution in [0.15, 0.2) is 42.5 Å². The summed E-state index contributed by atoms with van der Waals surface area (Å²) in [5.74, 6) is -0.475. The molecule has 3 rings (SSSR count). The number of amides is 1. The summed E-state index contributed by atoms with van der Waals surface area (Å²) in [5, 5.41) is 7.29. The Bertz CT molecular complexity index is 760. The van der Waals surface area contributed by atoms with Crippen LogP contribution >= 0.6 is 0 Å². The van der Waals surface area contributed by atoms with Gasteiger partial charge in [-0.2, -0.15) is 0 Å². The number of hydrazine groups is 1. The molecule has 5 heteroatoms. The molecule has 1 amide bonds. The van der Waals surface area contributed by atoms with E-state index in [4.69, 9.17) is 5.41 Å². The van der Waals surface area contributed by atoms with Crippen LogP contribution in [0.4, 0.5) is 4.39 Å². The van der Waals surface area contributed by atoms with Gasteiger partial charge in [-0.05, 0) is 42.7 Å². The molecule has 0 aromatic heterocycles. The van der Waals surface area contributed by atoms with Gasteiger partial charge in [0.1, 0.15) is 5.82 Å².